The maximum absolute atomic E-state index is 12.2. The summed E-state index contributed by atoms with van der Waals surface area (Å²) >= 11 is 3.36. The van der Waals surface area contributed by atoms with E-state index in [1.807, 2.05) is 66.7 Å². The van der Waals surface area contributed by atoms with E-state index in [-0.39, 0.29) is 37.6 Å². The fourth-order valence-corrected chi connectivity index (χ4v) is 6.72. The molecule has 0 spiro atoms. The maximum Gasteiger partial charge on any atom is 0.303 e. The molecule has 0 radical (unpaired) electrons. The van der Waals surface area contributed by atoms with E-state index < -0.39 is 12.3 Å². The molecule has 3 N–H and O–H groups in total. The van der Waals surface area contributed by atoms with Crippen LogP contribution in [0.15, 0.2) is 77.1 Å². The number of hydrogen-bond donors (Lipinski definition) is 3. The van der Waals surface area contributed by atoms with Crippen LogP contribution in [-0.2, 0) is 25.7 Å². The molecule has 0 bridgehead atoms. The Balaban J connectivity index is 1.25. The van der Waals surface area contributed by atoms with Crippen molar-refractivity contribution in [2.75, 3.05) is 11.1 Å². The number of thiazole rings is 1. The highest BCUT2D eigenvalue weighted by atomic mass is 32.2. The molecule has 10 heteroatoms. The Labute approximate surface area is 246 Å². The molecular weight excluding hydrogens is 560 g/mol. The van der Waals surface area contributed by atoms with Crippen molar-refractivity contribution in [3.63, 3.8) is 0 Å². The van der Waals surface area contributed by atoms with Crippen LogP contribution in [0.2, 0.25) is 0 Å². The number of unbranched alkanes of at least 4 members (excludes halogenated alkanes) is 1. The number of benzene rings is 3. The molecule has 5 rings (SSSR count). The molecule has 3 atom stereocenters. The van der Waals surface area contributed by atoms with Crippen molar-refractivity contribution in [1.82, 2.24) is 4.98 Å². The van der Waals surface area contributed by atoms with E-state index in [0.717, 1.165) is 37.0 Å². The van der Waals surface area contributed by atoms with Crippen molar-refractivity contribution in [1.29, 1.82) is 0 Å². The average Bonchev–Trinajstić information content (AvgIpc) is 3.42. The third-order valence-electron chi connectivity index (χ3n) is 6.79. The number of carboxylic acids is 1. The van der Waals surface area contributed by atoms with Crippen LogP contribution < -0.4 is 5.32 Å². The van der Waals surface area contributed by atoms with Gasteiger partial charge in [-0.3, -0.25) is 9.59 Å². The van der Waals surface area contributed by atoms with Gasteiger partial charge in [0.25, 0.3) is 0 Å². The van der Waals surface area contributed by atoms with Gasteiger partial charge in [0.15, 0.2) is 10.6 Å². The summed E-state index contributed by atoms with van der Waals surface area (Å²) < 4.78 is 15.0. The molecule has 214 valence electrons. The molecule has 0 aliphatic carbocycles. The van der Waals surface area contributed by atoms with E-state index in [2.05, 4.69) is 11.4 Å². The quantitative estimate of drug-likeness (QED) is 0.123. The van der Waals surface area contributed by atoms with Gasteiger partial charge < -0.3 is 25.0 Å². The Morgan fingerprint density at radius 3 is 2.41 bits per heavy atom. The Bertz CT molecular complexity index is 1420. The number of aliphatic hydroxyl groups excluding tert-OH is 1. The number of ether oxygens (including phenoxy) is 2. The van der Waals surface area contributed by atoms with Crippen molar-refractivity contribution in [2.24, 2.45) is 0 Å². The number of aromatic nitrogens is 1. The lowest BCUT2D eigenvalue weighted by Crippen LogP contribution is -2.31. The highest BCUT2D eigenvalue weighted by Crippen LogP contribution is 2.40. The summed E-state index contributed by atoms with van der Waals surface area (Å²) in [5.41, 5.74) is 4.38. The third kappa shape index (κ3) is 8.15. The van der Waals surface area contributed by atoms with Crippen LogP contribution in [0.1, 0.15) is 61.2 Å². The minimum absolute atomic E-state index is 0.00973. The summed E-state index contributed by atoms with van der Waals surface area (Å²) in [7, 11) is 0. The highest BCUT2D eigenvalue weighted by molar-refractivity contribution is 8.01. The summed E-state index contributed by atoms with van der Waals surface area (Å²) in [6.07, 6.45) is 1.16. The van der Waals surface area contributed by atoms with Crippen LogP contribution in [0, 0.1) is 0 Å². The number of fused-ring (bicyclic) bond motifs is 1. The van der Waals surface area contributed by atoms with Crippen LogP contribution in [-0.4, -0.2) is 38.9 Å². The first-order valence-electron chi connectivity index (χ1n) is 13.6. The minimum Gasteiger partial charge on any atom is -0.481 e. The van der Waals surface area contributed by atoms with Crippen molar-refractivity contribution in [2.45, 2.75) is 61.5 Å². The summed E-state index contributed by atoms with van der Waals surface area (Å²) in [6.45, 7) is -0.00973. The first kappa shape index (κ1) is 29.2. The number of thioether (sulfide) groups is 1. The second-order valence-corrected chi connectivity index (χ2v) is 12.2. The molecule has 3 aromatic carbocycles. The van der Waals surface area contributed by atoms with Gasteiger partial charge in [-0.2, -0.15) is 0 Å². The number of aliphatic hydroxyl groups is 1. The van der Waals surface area contributed by atoms with E-state index in [9.17, 15) is 14.7 Å². The fourth-order valence-electron chi connectivity index (χ4n) is 4.61. The van der Waals surface area contributed by atoms with Crippen LogP contribution in [0.4, 0.5) is 5.69 Å². The molecule has 41 heavy (non-hydrogen) atoms. The zero-order chi connectivity index (χ0) is 28.6. The van der Waals surface area contributed by atoms with Crippen molar-refractivity contribution < 1.29 is 29.3 Å². The van der Waals surface area contributed by atoms with Gasteiger partial charge in [0.2, 0.25) is 5.91 Å². The second-order valence-electron chi connectivity index (χ2n) is 9.88. The number of para-hydroxylation sites is 1. The lowest BCUT2D eigenvalue weighted by atomic mass is 10.0. The minimum atomic E-state index is -0.852. The summed E-state index contributed by atoms with van der Waals surface area (Å²) in [5, 5.41) is 21.1. The molecule has 8 nitrogen and oxygen atoms in total. The van der Waals surface area contributed by atoms with E-state index in [1.165, 1.54) is 0 Å². The van der Waals surface area contributed by atoms with Gasteiger partial charge in [0, 0.05) is 36.3 Å². The predicted molar refractivity (Wildman–Crippen MR) is 160 cm³/mol. The number of nitrogens with one attached hydrogen (secondary N) is 1. The Morgan fingerprint density at radius 1 is 0.951 bits per heavy atom. The molecule has 1 aliphatic heterocycles. The van der Waals surface area contributed by atoms with Crippen molar-refractivity contribution in [3.05, 3.63) is 89.5 Å². The van der Waals surface area contributed by atoms with Crippen LogP contribution in [0.25, 0.3) is 10.2 Å². The summed E-state index contributed by atoms with van der Waals surface area (Å²) in [6, 6.07) is 23.3. The topological polar surface area (TPSA) is 118 Å². The van der Waals surface area contributed by atoms with E-state index >= 15 is 0 Å². The molecule has 1 aliphatic rings. The molecule has 3 unspecified atom stereocenters. The zero-order valence-corrected chi connectivity index (χ0v) is 24.0. The monoisotopic (exact) mass is 592 g/mol. The van der Waals surface area contributed by atoms with E-state index in [4.69, 9.17) is 19.6 Å². The first-order chi connectivity index (χ1) is 20.0. The van der Waals surface area contributed by atoms with Gasteiger partial charge in [-0.25, -0.2) is 4.98 Å². The fraction of sp³-hybridized carbons (Fsp3) is 0.323. The van der Waals surface area contributed by atoms with Crippen molar-refractivity contribution in [3.8, 4) is 0 Å². The highest BCUT2D eigenvalue weighted by Gasteiger charge is 2.32. The number of amides is 1. The Morgan fingerprint density at radius 2 is 1.68 bits per heavy atom. The van der Waals surface area contributed by atoms with Gasteiger partial charge in [0.05, 0.1) is 29.0 Å². The van der Waals surface area contributed by atoms with Crippen molar-refractivity contribution >= 4 is 50.9 Å². The number of aliphatic carboxylic acids is 1. The van der Waals surface area contributed by atoms with E-state index in [1.54, 1.807) is 23.1 Å². The Hall–Kier alpha value is -3.28. The largest absolute Gasteiger partial charge is 0.481 e. The first-order valence-corrected chi connectivity index (χ1v) is 15.4. The number of anilines is 1. The molecular formula is C31H32N2O6S2. The lowest BCUT2D eigenvalue weighted by Gasteiger charge is -2.36. The Kier molecular flexibility index (Phi) is 10.0. The van der Waals surface area contributed by atoms with Crippen LogP contribution in [0.5, 0.6) is 0 Å². The molecule has 1 aromatic heterocycles. The SMILES string of the molecule is O=C(O)CCCCC(=O)Nc1ccc(C2OC(CSc3nc4ccccc4s3)CC(c3ccc(CO)cc3)O2)cc1. The zero-order valence-electron chi connectivity index (χ0n) is 22.4. The van der Waals surface area contributed by atoms with Gasteiger partial charge >= 0.3 is 5.97 Å². The molecule has 2 heterocycles. The normalized spacial score (nSPS) is 18.8. The number of rotatable bonds is 12. The smallest absolute Gasteiger partial charge is 0.303 e. The maximum atomic E-state index is 12.2. The predicted octanol–water partition coefficient (Wildman–Crippen LogP) is 6.71. The number of carbonyl (C=O) groups excluding carboxylic acids is 1. The van der Waals surface area contributed by atoms with Gasteiger partial charge in [-0.05, 0) is 48.2 Å². The van der Waals surface area contributed by atoms with Crippen LogP contribution >= 0.6 is 23.1 Å². The molecule has 1 saturated heterocycles. The van der Waals surface area contributed by atoms with Gasteiger partial charge in [0.1, 0.15) is 0 Å². The molecule has 0 saturated carbocycles. The number of carbonyl (C=O) groups is 2. The average molecular weight is 593 g/mol. The number of carboxylic acid groups (broad SMARTS) is 1. The van der Waals surface area contributed by atoms with Gasteiger partial charge in [-0.15, -0.1) is 11.3 Å². The number of nitrogens with zero attached hydrogens (tertiary/aromatic N) is 1. The van der Waals surface area contributed by atoms with E-state index in [0.29, 0.717) is 24.9 Å². The summed E-state index contributed by atoms with van der Waals surface area (Å²) in [4.78, 5) is 27.6. The third-order valence-corrected chi connectivity index (χ3v) is 9.10. The van der Waals surface area contributed by atoms with Gasteiger partial charge in [-0.1, -0.05) is 60.3 Å². The summed E-state index contributed by atoms with van der Waals surface area (Å²) in [5.74, 6) is -0.275. The second kappa shape index (κ2) is 14.1. The molecule has 1 fully saturated rings. The lowest BCUT2D eigenvalue weighted by molar-refractivity contribution is -0.245. The molecule has 1 amide bonds. The standard InChI is InChI=1S/C31H32N2O6S2/c34-18-20-9-11-21(12-10-20)26-17-24(19-40-31-33-25-5-1-2-6-27(25)41-31)38-30(39-26)22-13-15-23(16-14-22)32-28(35)7-3-4-8-29(36)37/h1-2,5-6,9-16,24,26,30,34H,3-4,7-8,17-19H2,(H,32,35)(H,36,37). The molecule has 4 aromatic rings. The number of hydrogen-bond acceptors (Lipinski definition) is 8. The van der Waals surface area contributed by atoms with Crippen LogP contribution in [0.3, 0.4) is 0 Å².